The lowest BCUT2D eigenvalue weighted by atomic mass is 10.1. The van der Waals surface area contributed by atoms with E-state index < -0.39 is 0 Å². The van der Waals surface area contributed by atoms with Crippen molar-refractivity contribution in [3.8, 4) is 11.6 Å². The molecule has 1 amide bonds. The number of anilines is 1. The van der Waals surface area contributed by atoms with Gasteiger partial charge in [0.1, 0.15) is 11.9 Å². The van der Waals surface area contributed by atoms with Gasteiger partial charge in [0.05, 0.1) is 20.1 Å². The zero-order valence-corrected chi connectivity index (χ0v) is 16.1. The zero-order chi connectivity index (χ0) is 19.2. The van der Waals surface area contributed by atoms with Gasteiger partial charge in [-0.3, -0.25) is 4.79 Å². The number of hydrogen-bond donors (Lipinski definition) is 0. The lowest BCUT2D eigenvalue weighted by Gasteiger charge is -2.33. The summed E-state index contributed by atoms with van der Waals surface area (Å²) in [6, 6.07) is 7.61. The van der Waals surface area contributed by atoms with Crippen LogP contribution in [0.1, 0.15) is 18.4 Å². The minimum absolute atomic E-state index is 0.0750. The van der Waals surface area contributed by atoms with E-state index in [1.165, 1.54) is 0 Å². The zero-order valence-electron chi connectivity index (χ0n) is 16.1. The summed E-state index contributed by atoms with van der Waals surface area (Å²) in [6.45, 7) is 1.33. The van der Waals surface area contributed by atoms with Crippen molar-refractivity contribution in [1.29, 1.82) is 0 Å². The molecule has 1 atom stereocenters. The van der Waals surface area contributed by atoms with E-state index in [4.69, 9.17) is 9.47 Å². The molecule has 1 aromatic heterocycles. The molecular formula is C20H26N4O3. The fourth-order valence-electron chi connectivity index (χ4n) is 3.16. The summed E-state index contributed by atoms with van der Waals surface area (Å²) in [7, 11) is 5.44. The summed E-state index contributed by atoms with van der Waals surface area (Å²) in [5, 5.41) is 0. The van der Waals surface area contributed by atoms with Crippen molar-refractivity contribution in [2.24, 2.45) is 0 Å². The predicted octanol–water partition coefficient (Wildman–Crippen LogP) is 2.16. The van der Waals surface area contributed by atoms with Crippen molar-refractivity contribution < 1.29 is 14.3 Å². The van der Waals surface area contributed by atoms with Gasteiger partial charge in [0.15, 0.2) is 5.82 Å². The number of aromatic nitrogens is 2. The highest BCUT2D eigenvalue weighted by Gasteiger charge is 2.26. The number of ether oxygens (including phenoxy) is 2. The van der Waals surface area contributed by atoms with Gasteiger partial charge in [-0.1, -0.05) is 12.1 Å². The Kier molecular flexibility index (Phi) is 6.11. The van der Waals surface area contributed by atoms with E-state index in [9.17, 15) is 4.79 Å². The fraction of sp³-hybridized carbons (Fsp3) is 0.450. The van der Waals surface area contributed by atoms with E-state index in [0.29, 0.717) is 24.7 Å². The van der Waals surface area contributed by atoms with E-state index in [1.807, 2.05) is 48.2 Å². The molecule has 0 radical (unpaired) electrons. The molecule has 0 bridgehead atoms. The molecule has 1 unspecified atom stereocenters. The third-order valence-electron chi connectivity index (χ3n) is 4.59. The van der Waals surface area contributed by atoms with Gasteiger partial charge in [-0.25, -0.2) is 9.97 Å². The molecule has 0 N–H and O–H groups in total. The molecular weight excluding hydrogens is 344 g/mol. The third kappa shape index (κ3) is 4.87. The van der Waals surface area contributed by atoms with Gasteiger partial charge in [-0.05, 0) is 30.5 Å². The minimum atomic E-state index is -0.0750. The molecule has 1 fully saturated rings. The Bertz CT molecular complexity index is 764. The van der Waals surface area contributed by atoms with Crippen molar-refractivity contribution in [2.45, 2.75) is 25.4 Å². The SMILES string of the molecule is COc1ccc(CC(=O)N2CCCC(Oc3nccnc3N(C)C)C2)cc1. The summed E-state index contributed by atoms with van der Waals surface area (Å²) in [6.07, 6.45) is 5.39. The lowest BCUT2D eigenvalue weighted by Crippen LogP contribution is -2.45. The van der Waals surface area contributed by atoms with Crippen LogP contribution in [0, 0.1) is 0 Å². The summed E-state index contributed by atoms with van der Waals surface area (Å²) < 4.78 is 11.2. The minimum Gasteiger partial charge on any atom is -0.497 e. The molecule has 3 rings (SSSR count). The number of amides is 1. The molecule has 7 heteroatoms. The Hall–Kier alpha value is -2.83. The first kappa shape index (κ1) is 18.9. The molecule has 27 heavy (non-hydrogen) atoms. The van der Waals surface area contributed by atoms with E-state index >= 15 is 0 Å². The highest BCUT2D eigenvalue weighted by molar-refractivity contribution is 5.79. The van der Waals surface area contributed by atoms with Crippen LogP contribution in [0.2, 0.25) is 0 Å². The normalized spacial score (nSPS) is 16.7. The molecule has 1 aliphatic rings. The van der Waals surface area contributed by atoms with Gasteiger partial charge in [0, 0.05) is 33.0 Å². The second kappa shape index (κ2) is 8.70. The fourth-order valence-corrected chi connectivity index (χ4v) is 3.16. The summed E-state index contributed by atoms with van der Waals surface area (Å²) in [4.78, 5) is 25.1. The summed E-state index contributed by atoms with van der Waals surface area (Å²) in [5.41, 5.74) is 0.979. The lowest BCUT2D eigenvalue weighted by molar-refractivity contribution is -0.133. The number of carbonyl (C=O) groups is 1. The van der Waals surface area contributed by atoms with Crippen LogP contribution in [0.5, 0.6) is 11.6 Å². The smallest absolute Gasteiger partial charge is 0.257 e. The van der Waals surface area contributed by atoms with Crippen molar-refractivity contribution >= 4 is 11.7 Å². The Labute approximate surface area is 159 Å². The maximum Gasteiger partial charge on any atom is 0.257 e. The molecule has 7 nitrogen and oxygen atoms in total. The van der Waals surface area contributed by atoms with Gasteiger partial charge in [-0.15, -0.1) is 0 Å². The van der Waals surface area contributed by atoms with Crippen LogP contribution in [0.25, 0.3) is 0 Å². The molecule has 0 aliphatic carbocycles. The molecule has 1 saturated heterocycles. The Morgan fingerprint density at radius 2 is 1.96 bits per heavy atom. The second-order valence-electron chi connectivity index (χ2n) is 6.83. The molecule has 0 saturated carbocycles. The van der Waals surface area contributed by atoms with Crippen LogP contribution in [-0.4, -0.2) is 61.2 Å². The van der Waals surface area contributed by atoms with E-state index in [1.54, 1.807) is 19.5 Å². The van der Waals surface area contributed by atoms with Crippen LogP contribution in [0.4, 0.5) is 5.82 Å². The van der Waals surface area contributed by atoms with Crippen molar-refractivity contribution in [1.82, 2.24) is 14.9 Å². The number of likely N-dealkylation sites (tertiary alicyclic amines) is 1. The third-order valence-corrected chi connectivity index (χ3v) is 4.59. The molecule has 2 heterocycles. The number of hydrogen-bond acceptors (Lipinski definition) is 6. The quantitative estimate of drug-likeness (QED) is 0.776. The van der Waals surface area contributed by atoms with Crippen LogP contribution in [-0.2, 0) is 11.2 Å². The van der Waals surface area contributed by atoms with Crippen molar-refractivity contribution in [3.05, 3.63) is 42.2 Å². The number of nitrogens with zero attached hydrogens (tertiary/aromatic N) is 4. The van der Waals surface area contributed by atoms with Crippen LogP contribution < -0.4 is 14.4 Å². The number of rotatable bonds is 6. The summed E-state index contributed by atoms with van der Waals surface area (Å²) >= 11 is 0. The predicted molar refractivity (Wildman–Crippen MR) is 103 cm³/mol. The monoisotopic (exact) mass is 370 g/mol. The van der Waals surface area contributed by atoms with Crippen LogP contribution in [0.15, 0.2) is 36.7 Å². The Balaban J connectivity index is 1.61. The van der Waals surface area contributed by atoms with Gasteiger partial charge < -0.3 is 19.3 Å². The molecule has 2 aromatic rings. The number of methoxy groups -OCH3 is 1. The highest BCUT2D eigenvalue weighted by Crippen LogP contribution is 2.24. The topological polar surface area (TPSA) is 67.8 Å². The maximum absolute atomic E-state index is 12.7. The molecule has 1 aliphatic heterocycles. The standard InChI is InChI=1S/C20H26N4O3/c1-23(2)19-20(22-11-10-21-19)27-17-5-4-12-24(14-17)18(25)13-15-6-8-16(26-3)9-7-15/h6-11,17H,4-5,12-14H2,1-3H3. The highest BCUT2D eigenvalue weighted by atomic mass is 16.5. The first-order valence-corrected chi connectivity index (χ1v) is 9.12. The summed E-state index contributed by atoms with van der Waals surface area (Å²) in [5.74, 6) is 2.11. The molecule has 0 spiro atoms. The number of carbonyl (C=O) groups excluding carboxylic acids is 1. The van der Waals surface area contributed by atoms with Crippen molar-refractivity contribution in [2.75, 3.05) is 39.2 Å². The average Bonchev–Trinajstić information content (AvgIpc) is 2.69. The number of piperidine rings is 1. The Morgan fingerprint density at radius 1 is 1.22 bits per heavy atom. The molecule has 1 aromatic carbocycles. The largest absolute Gasteiger partial charge is 0.497 e. The van der Waals surface area contributed by atoms with Crippen molar-refractivity contribution in [3.63, 3.8) is 0 Å². The second-order valence-corrected chi connectivity index (χ2v) is 6.83. The van der Waals surface area contributed by atoms with Crippen LogP contribution >= 0.6 is 0 Å². The van der Waals surface area contributed by atoms with E-state index in [0.717, 1.165) is 30.7 Å². The molecule has 144 valence electrons. The Morgan fingerprint density at radius 3 is 2.67 bits per heavy atom. The van der Waals surface area contributed by atoms with Gasteiger partial charge in [0.25, 0.3) is 5.88 Å². The first-order chi connectivity index (χ1) is 13.1. The van der Waals surface area contributed by atoms with Gasteiger partial charge in [-0.2, -0.15) is 0 Å². The van der Waals surface area contributed by atoms with Gasteiger partial charge >= 0.3 is 0 Å². The van der Waals surface area contributed by atoms with E-state index in [2.05, 4.69) is 9.97 Å². The maximum atomic E-state index is 12.7. The number of benzene rings is 1. The first-order valence-electron chi connectivity index (χ1n) is 9.12. The van der Waals surface area contributed by atoms with Crippen LogP contribution in [0.3, 0.4) is 0 Å². The average molecular weight is 370 g/mol. The van der Waals surface area contributed by atoms with E-state index in [-0.39, 0.29) is 12.0 Å². The van der Waals surface area contributed by atoms with Gasteiger partial charge in [0.2, 0.25) is 5.91 Å².